The van der Waals surface area contributed by atoms with Gasteiger partial charge in [-0.05, 0) is 30.9 Å². The topological polar surface area (TPSA) is 116 Å². The number of hydrogen-bond acceptors (Lipinski definition) is 5. The standard InChI is InChI=1S/C22H28N6O3/c1-14(2)13-27-21(31)16-5-3-4-6-17(16)28-18(24-25-22(27)28)7-8-19(29)26-11-9-15(10-12-26)20(23)30/h3-6,14-15H,7-13H2,1-2H3,(H2,23,30). The third-order valence-corrected chi connectivity index (χ3v) is 5.94. The van der Waals surface area contributed by atoms with Gasteiger partial charge in [-0.15, -0.1) is 10.2 Å². The van der Waals surface area contributed by atoms with E-state index in [4.69, 9.17) is 5.73 Å². The zero-order chi connectivity index (χ0) is 22.1. The highest BCUT2D eigenvalue weighted by molar-refractivity contribution is 5.81. The molecule has 2 amide bonds. The fraction of sp³-hybridized carbons (Fsp3) is 0.500. The van der Waals surface area contributed by atoms with Crippen molar-refractivity contribution in [1.29, 1.82) is 0 Å². The summed E-state index contributed by atoms with van der Waals surface area (Å²) in [6.45, 7) is 5.73. The third-order valence-electron chi connectivity index (χ3n) is 5.94. The van der Waals surface area contributed by atoms with E-state index in [2.05, 4.69) is 24.0 Å². The second-order valence-electron chi connectivity index (χ2n) is 8.64. The van der Waals surface area contributed by atoms with Crippen LogP contribution < -0.4 is 11.3 Å². The molecule has 9 nitrogen and oxygen atoms in total. The summed E-state index contributed by atoms with van der Waals surface area (Å²) in [5, 5.41) is 9.24. The molecular weight excluding hydrogens is 396 g/mol. The lowest BCUT2D eigenvalue weighted by Crippen LogP contribution is -2.41. The van der Waals surface area contributed by atoms with Crippen LogP contribution in [0.15, 0.2) is 29.1 Å². The Morgan fingerprint density at radius 2 is 1.87 bits per heavy atom. The van der Waals surface area contributed by atoms with Crippen LogP contribution in [0.25, 0.3) is 16.7 Å². The summed E-state index contributed by atoms with van der Waals surface area (Å²) in [4.78, 5) is 38.9. The summed E-state index contributed by atoms with van der Waals surface area (Å²) < 4.78 is 3.56. The molecule has 2 N–H and O–H groups in total. The van der Waals surface area contributed by atoms with Crippen LogP contribution in [0.3, 0.4) is 0 Å². The molecule has 0 aliphatic carbocycles. The summed E-state index contributed by atoms with van der Waals surface area (Å²) in [7, 11) is 0. The van der Waals surface area contributed by atoms with E-state index in [0.29, 0.717) is 62.3 Å². The number of para-hydroxylation sites is 1. The van der Waals surface area contributed by atoms with Gasteiger partial charge in [0.25, 0.3) is 5.56 Å². The van der Waals surface area contributed by atoms with Crippen molar-refractivity contribution in [1.82, 2.24) is 24.1 Å². The molecule has 31 heavy (non-hydrogen) atoms. The SMILES string of the molecule is CC(C)Cn1c(=O)c2ccccc2n2c(CCC(=O)N3CCC(C(N)=O)CC3)nnc12. The Kier molecular flexibility index (Phi) is 5.75. The van der Waals surface area contributed by atoms with E-state index in [0.717, 1.165) is 5.52 Å². The maximum Gasteiger partial charge on any atom is 0.262 e. The number of aryl methyl sites for hydroxylation is 1. The van der Waals surface area contributed by atoms with Gasteiger partial charge >= 0.3 is 0 Å². The highest BCUT2D eigenvalue weighted by atomic mass is 16.2. The van der Waals surface area contributed by atoms with E-state index in [-0.39, 0.29) is 29.2 Å². The number of amides is 2. The first-order valence-corrected chi connectivity index (χ1v) is 10.8. The molecule has 0 radical (unpaired) electrons. The summed E-state index contributed by atoms with van der Waals surface area (Å²) in [6.07, 6.45) is 1.93. The van der Waals surface area contributed by atoms with Crippen molar-refractivity contribution >= 4 is 28.5 Å². The molecule has 3 heterocycles. The van der Waals surface area contributed by atoms with Crippen molar-refractivity contribution in [2.45, 2.75) is 46.1 Å². The van der Waals surface area contributed by atoms with Gasteiger partial charge < -0.3 is 10.6 Å². The minimum atomic E-state index is -0.290. The predicted octanol–water partition coefficient (Wildman–Crippen LogP) is 1.36. The van der Waals surface area contributed by atoms with Gasteiger partial charge in [0.1, 0.15) is 5.82 Å². The van der Waals surface area contributed by atoms with Crippen LogP contribution in [0.1, 0.15) is 38.9 Å². The Balaban J connectivity index is 1.60. The molecule has 0 spiro atoms. The number of nitrogens with two attached hydrogens (primary N) is 1. The lowest BCUT2D eigenvalue weighted by atomic mass is 9.96. The monoisotopic (exact) mass is 424 g/mol. The third kappa shape index (κ3) is 4.04. The van der Waals surface area contributed by atoms with Crippen LogP contribution >= 0.6 is 0 Å². The largest absolute Gasteiger partial charge is 0.369 e. The Labute approximate surface area is 179 Å². The van der Waals surface area contributed by atoms with Gasteiger partial charge in [-0.2, -0.15) is 0 Å². The molecular formula is C22H28N6O3. The maximum atomic E-state index is 13.0. The van der Waals surface area contributed by atoms with Crippen LogP contribution in [-0.4, -0.2) is 49.0 Å². The molecule has 3 aromatic rings. The number of aromatic nitrogens is 4. The fourth-order valence-electron chi connectivity index (χ4n) is 4.30. The molecule has 0 saturated carbocycles. The number of likely N-dealkylation sites (tertiary alicyclic amines) is 1. The summed E-state index contributed by atoms with van der Waals surface area (Å²) in [6, 6.07) is 7.42. The molecule has 1 aliphatic rings. The molecule has 0 unspecified atom stereocenters. The Morgan fingerprint density at radius 1 is 1.16 bits per heavy atom. The lowest BCUT2D eigenvalue weighted by Gasteiger charge is -2.30. The lowest BCUT2D eigenvalue weighted by molar-refractivity contribution is -0.134. The number of benzene rings is 1. The molecule has 2 aromatic heterocycles. The first kappa shape index (κ1) is 21.0. The van der Waals surface area contributed by atoms with Gasteiger partial charge in [0.2, 0.25) is 17.6 Å². The fourth-order valence-corrected chi connectivity index (χ4v) is 4.30. The van der Waals surface area contributed by atoms with E-state index in [1.54, 1.807) is 9.47 Å². The van der Waals surface area contributed by atoms with Gasteiger partial charge in [-0.3, -0.25) is 23.4 Å². The normalized spacial score (nSPS) is 15.3. The quantitative estimate of drug-likeness (QED) is 0.641. The first-order valence-electron chi connectivity index (χ1n) is 10.8. The Hall–Kier alpha value is -3.23. The van der Waals surface area contributed by atoms with E-state index < -0.39 is 0 Å². The molecule has 1 aromatic carbocycles. The average Bonchev–Trinajstić information content (AvgIpc) is 3.19. The van der Waals surface area contributed by atoms with Crippen LogP contribution in [0.5, 0.6) is 0 Å². The zero-order valence-corrected chi connectivity index (χ0v) is 18.0. The molecule has 0 atom stereocenters. The number of fused-ring (bicyclic) bond motifs is 3. The smallest absolute Gasteiger partial charge is 0.262 e. The van der Waals surface area contributed by atoms with E-state index in [1.165, 1.54) is 0 Å². The number of carbonyl (C=O) groups is 2. The van der Waals surface area contributed by atoms with E-state index in [1.807, 2.05) is 28.7 Å². The molecule has 164 valence electrons. The van der Waals surface area contributed by atoms with Gasteiger partial charge in [-0.25, -0.2) is 0 Å². The van der Waals surface area contributed by atoms with Gasteiger partial charge in [0.15, 0.2) is 0 Å². The predicted molar refractivity (Wildman–Crippen MR) is 116 cm³/mol. The minimum absolute atomic E-state index is 0.0273. The van der Waals surface area contributed by atoms with Gasteiger partial charge in [-0.1, -0.05) is 26.0 Å². The van der Waals surface area contributed by atoms with Crippen LogP contribution in [0.2, 0.25) is 0 Å². The van der Waals surface area contributed by atoms with Crippen molar-refractivity contribution in [3.8, 4) is 0 Å². The van der Waals surface area contributed by atoms with Crippen molar-refractivity contribution in [3.63, 3.8) is 0 Å². The Morgan fingerprint density at radius 3 is 2.55 bits per heavy atom. The number of nitrogens with zero attached hydrogens (tertiary/aromatic N) is 5. The molecule has 9 heteroatoms. The average molecular weight is 425 g/mol. The number of rotatable bonds is 6. The maximum absolute atomic E-state index is 13.0. The molecule has 1 fully saturated rings. The summed E-state index contributed by atoms with van der Waals surface area (Å²) in [5.74, 6) is 1.02. The number of primary amides is 1. The van der Waals surface area contributed by atoms with Crippen molar-refractivity contribution < 1.29 is 9.59 Å². The molecule has 1 aliphatic heterocycles. The highest BCUT2D eigenvalue weighted by Gasteiger charge is 2.26. The van der Waals surface area contributed by atoms with E-state index >= 15 is 0 Å². The van der Waals surface area contributed by atoms with Crippen LogP contribution in [0, 0.1) is 11.8 Å². The van der Waals surface area contributed by atoms with Crippen molar-refractivity contribution in [3.05, 3.63) is 40.4 Å². The number of piperidine rings is 1. The Bertz CT molecular complexity index is 1190. The summed E-state index contributed by atoms with van der Waals surface area (Å²) >= 11 is 0. The first-order chi connectivity index (χ1) is 14.9. The minimum Gasteiger partial charge on any atom is -0.369 e. The van der Waals surface area contributed by atoms with Crippen LogP contribution in [-0.2, 0) is 22.6 Å². The number of hydrogen-bond donors (Lipinski definition) is 1. The zero-order valence-electron chi connectivity index (χ0n) is 18.0. The van der Waals surface area contributed by atoms with E-state index in [9.17, 15) is 14.4 Å². The highest BCUT2D eigenvalue weighted by Crippen LogP contribution is 2.19. The second-order valence-corrected chi connectivity index (χ2v) is 8.64. The number of carbonyl (C=O) groups excluding carboxylic acids is 2. The van der Waals surface area contributed by atoms with Crippen LogP contribution in [0.4, 0.5) is 0 Å². The van der Waals surface area contributed by atoms with Crippen molar-refractivity contribution in [2.75, 3.05) is 13.1 Å². The molecule has 4 rings (SSSR count). The second kappa shape index (κ2) is 8.49. The molecule has 1 saturated heterocycles. The van der Waals surface area contributed by atoms with Crippen molar-refractivity contribution in [2.24, 2.45) is 17.6 Å². The van der Waals surface area contributed by atoms with Gasteiger partial charge in [0, 0.05) is 38.4 Å². The molecule has 0 bridgehead atoms. The van der Waals surface area contributed by atoms with Gasteiger partial charge in [0.05, 0.1) is 10.9 Å². The summed E-state index contributed by atoms with van der Waals surface area (Å²) in [5.41, 5.74) is 6.05.